The highest BCUT2D eigenvalue weighted by atomic mass is 19.1. The van der Waals surface area contributed by atoms with Gasteiger partial charge in [-0.05, 0) is 75.1 Å². The van der Waals surface area contributed by atoms with E-state index in [1.807, 2.05) is 0 Å². The van der Waals surface area contributed by atoms with Crippen LogP contribution in [0.2, 0.25) is 0 Å². The summed E-state index contributed by atoms with van der Waals surface area (Å²) in [6, 6.07) is 13.3. The summed E-state index contributed by atoms with van der Waals surface area (Å²) in [6.07, 6.45) is 2.04. The highest BCUT2D eigenvalue weighted by molar-refractivity contribution is 5.67. The number of halogens is 1. The summed E-state index contributed by atoms with van der Waals surface area (Å²) in [5, 5.41) is 22.9. The van der Waals surface area contributed by atoms with Gasteiger partial charge in [0, 0.05) is 24.1 Å². The number of aliphatic hydroxyl groups excluding tert-OH is 1. The van der Waals surface area contributed by atoms with E-state index in [9.17, 15) is 14.3 Å². The number of aryl methyl sites for hydroxylation is 1. The molecule has 0 saturated carbocycles. The summed E-state index contributed by atoms with van der Waals surface area (Å²) in [4.78, 5) is 10.9. The maximum absolute atomic E-state index is 14.4. The third kappa shape index (κ3) is 7.36. The van der Waals surface area contributed by atoms with Gasteiger partial charge in [-0.2, -0.15) is 0 Å². The Morgan fingerprint density at radius 2 is 1.85 bits per heavy atom. The SMILES string of the molecule is CC(OC[C@H](O)CNC(C)(C)CC1Cc2ccccc2C1)c1c(F)cccc1CCC(=O)O. The molecule has 1 aliphatic rings. The van der Waals surface area contributed by atoms with Gasteiger partial charge in [-0.25, -0.2) is 4.39 Å². The Labute approximate surface area is 196 Å². The number of aliphatic carboxylic acids is 1. The molecule has 0 heterocycles. The smallest absolute Gasteiger partial charge is 0.303 e. The van der Waals surface area contributed by atoms with E-state index >= 15 is 0 Å². The van der Waals surface area contributed by atoms with Crippen molar-refractivity contribution >= 4 is 5.97 Å². The molecule has 180 valence electrons. The van der Waals surface area contributed by atoms with Crippen molar-refractivity contribution < 1.29 is 24.1 Å². The Morgan fingerprint density at radius 1 is 1.18 bits per heavy atom. The van der Waals surface area contributed by atoms with Crippen molar-refractivity contribution in [3.8, 4) is 0 Å². The van der Waals surface area contributed by atoms with E-state index in [4.69, 9.17) is 9.84 Å². The molecule has 5 nitrogen and oxygen atoms in total. The van der Waals surface area contributed by atoms with Crippen LogP contribution >= 0.6 is 0 Å². The summed E-state index contributed by atoms with van der Waals surface area (Å²) in [5.41, 5.74) is 3.74. The summed E-state index contributed by atoms with van der Waals surface area (Å²) in [5.74, 6) is -0.760. The molecule has 0 amide bonds. The fraction of sp³-hybridized carbons (Fsp3) is 0.519. The van der Waals surface area contributed by atoms with Crippen LogP contribution in [0.3, 0.4) is 0 Å². The first-order chi connectivity index (χ1) is 15.6. The van der Waals surface area contributed by atoms with Crippen molar-refractivity contribution in [2.45, 2.75) is 70.6 Å². The standard InChI is InChI=1S/C27H36FNO4/c1-18(26-20(11-12-25(31)32)9-6-10-24(26)28)33-17-23(30)16-29-27(2,3)15-19-13-21-7-4-5-8-22(21)14-19/h4-10,18-19,23,29-30H,11-17H2,1-3H3,(H,31,32)/t18?,23-/m1/s1. The van der Waals surface area contributed by atoms with Gasteiger partial charge in [-0.1, -0.05) is 36.4 Å². The number of rotatable bonds is 12. The Morgan fingerprint density at radius 3 is 2.48 bits per heavy atom. The molecule has 1 aliphatic carbocycles. The van der Waals surface area contributed by atoms with E-state index in [-0.39, 0.29) is 25.0 Å². The molecule has 2 atom stereocenters. The molecule has 3 N–H and O–H groups in total. The molecule has 1 unspecified atom stereocenters. The van der Waals surface area contributed by atoms with Gasteiger partial charge in [-0.15, -0.1) is 0 Å². The Hall–Kier alpha value is -2.28. The van der Waals surface area contributed by atoms with Crippen molar-refractivity contribution in [2.75, 3.05) is 13.2 Å². The fourth-order valence-corrected chi connectivity index (χ4v) is 4.88. The van der Waals surface area contributed by atoms with Gasteiger partial charge in [0.1, 0.15) is 5.82 Å². The van der Waals surface area contributed by atoms with Crippen LogP contribution in [0.5, 0.6) is 0 Å². The molecule has 0 aromatic heterocycles. The third-order valence-corrected chi connectivity index (χ3v) is 6.45. The Kier molecular flexibility index (Phi) is 8.63. The minimum Gasteiger partial charge on any atom is -0.481 e. The zero-order chi connectivity index (χ0) is 24.0. The molecule has 33 heavy (non-hydrogen) atoms. The molecule has 0 spiro atoms. The number of carboxylic acids is 1. The predicted molar refractivity (Wildman–Crippen MR) is 127 cm³/mol. The van der Waals surface area contributed by atoms with Crippen molar-refractivity contribution in [2.24, 2.45) is 5.92 Å². The topological polar surface area (TPSA) is 78.8 Å². The van der Waals surface area contributed by atoms with Crippen LogP contribution in [-0.4, -0.2) is 41.0 Å². The first kappa shape index (κ1) is 25.3. The second-order valence-electron chi connectivity index (χ2n) is 9.85. The number of carboxylic acid groups (broad SMARTS) is 1. The molecule has 2 aromatic rings. The molecule has 0 aliphatic heterocycles. The highest BCUT2D eigenvalue weighted by Gasteiger charge is 2.28. The summed E-state index contributed by atoms with van der Waals surface area (Å²) in [7, 11) is 0. The quantitative estimate of drug-likeness (QED) is 0.439. The molecule has 2 aromatic carbocycles. The van der Waals surface area contributed by atoms with Crippen LogP contribution in [0.1, 0.15) is 62.0 Å². The zero-order valence-electron chi connectivity index (χ0n) is 19.8. The predicted octanol–water partition coefficient (Wildman–Crippen LogP) is 4.45. The maximum Gasteiger partial charge on any atom is 0.303 e. The number of ether oxygens (including phenoxy) is 1. The summed E-state index contributed by atoms with van der Waals surface area (Å²) < 4.78 is 20.2. The van der Waals surface area contributed by atoms with E-state index < -0.39 is 24.0 Å². The van der Waals surface area contributed by atoms with E-state index in [0.29, 0.717) is 23.6 Å². The second kappa shape index (κ2) is 11.2. The van der Waals surface area contributed by atoms with Crippen molar-refractivity contribution in [1.29, 1.82) is 0 Å². The molecular weight excluding hydrogens is 421 g/mol. The number of fused-ring (bicyclic) bond motifs is 1. The molecule has 6 heteroatoms. The van der Waals surface area contributed by atoms with Gasteiger partial charge in [0.2, 0.25) is 0 Å². The van der Waals surface area contributed by atoms with Crippen LogP contribution in [0.15, 0.2) is 42.5 Å². The Balaban J connectivity index is 1.46. The number of hydrogen-bond acceptors (Lipinski definition) is 4. The van der Waals surface area contributed by atoms with Gasteiger partial charge in [0.05, 0.1) is 18.8 Å². The lowest BCUT2D eigenvalue weighted by molar-refractivity contribution is -0.136. The monoisotopic (exact) mass is 457 g/mol. The maximum atomic E-state index is 14.4. The van der Waals surface area contributed by atoms with Crippen LogP contribution < -0.4 is 5.32 Å². The first-order valence-electron chi connectivity index (χ1n) is 11.7. The van der Waals surface area contributed by atoms with Gasteiger partial charge in [0.25, 0.3) is 0 Å². The van der Waals surface area contributed by atoms with Crippen LogP contribution in [0.4, 0.5) is 4.39 Å². The molecular formula is C27H36FNO4. The van der Waals surface area contributed by atoms with Crippen molar-refractivity contribution in [3.05, 3.63) is 70.5 Å². The van der Waals surface area contributed by atoms with Crippen molar-refractivity contribution in [3.63, 3.8) is 0 Å². The van der Waals surface area contributed by atoms with Crippen molar-refractivity contribution in [1.82, 2.24) is 5.32 Å². The number of benzene rings is 2. The largest absolute Gasteiger partial charge is 0.481 e. The lowest BCUT2D eigenvalue weighted by Gasteiger charge is -2.31. The van der Waals surface area contributed by atoms with Crippen LogP contribution in [0.25, 0.3) is 0 Å². The molecule has 0 saturated heterocycles. The third-order valence-electron chi connectivity index (χ3n) is 6.45. The molecule has 3 rings (SSSR count). The zero-order valence-corrected chi connectivity index (χ0v) is 19.8. The van der Waals surface area contributed by atoms with Gasteiger partial charge in [-0.3, -0.25) is 4.79 Å². The molecule has 0 bridgehead atoms. The first-order valence-corrected chi connectivity index (χ1v) is 11.7. The van der Waals surface area contributed by atoms with Crippen LogP contribution in [0, 0.1) is 11.7 Å². The van der Waals surface area contributed by atoms with E-state index in [1.165, 1.54) is 17.2 Å². The number of nitrogens with one attached hydrogen (secondary N) is 1. The number of carbonyl (C=O) groups is 1. The highest BCUT2D eigenvalue weighted by Crippen LogP contribution is 2.32. The van der Waals surface area contributed by atoms with E-state index in [0.717, 1.165) is 19.3 Å². The lowest BCUT2D eigenvalue weighted by Crippen LogP contribution is -2.45. The number of β-amino-alcohol motifs (C(OH)–C–C–N with tert-alkyl or cyclic N) is 1. The minimum atomic E-state index is -0.927. The average Bonchev–Trinajstić information content (AvgIpc) is 3.16. The van der Waals surface area contributed by atoms with Gasteiger partial charge < -0.3 is 20.3 Å². The van der Waals surface area contributed by atoms with E-state index in [2.05, 4.69) is 43.4 Å². The van der Waals surface area contributed by atoms with Crippen LogP contribution in [-0.2, 0) is 28.8 Å². The molecule has 0 radical (unpaired) electrons. The fourth-order valence-electron chi connectivity index (χ4n) is 4.88. The normalized spacial score (nSPS) is 15.9. The summed E-state index contributed by atoms with van der Waals surface area (Å²) in [6.45, 7) is 6.47. The minimum absolute atomic E-state index is 0.0613. The average molecular weight is 458 g/mol. The number of hydrogen-bond donors (Lipinski definition) is 3. The van der Waals surface area contributed by atoms with Gasteiger partial charge in [0.15, 0.2) is 0 Å². The summed E-state index contributed by atoms with van der Waals surface area (Å²) >= 11 is 0. The molecule has 0 fully saturated rings. The van der Waals surface area contributed by atoms with E-state index in [1.54, 1.807) is 19.1 Å². The number of aliphatic hydroxyl groups is 1. The van der Waals surface area contributed by atoms with Gasteiger partial charge >= 0.3 is 5.97 Å². The second-order valence-corrected chi connectivity index (χ2v) is 9.85. The Bertz CT molecular complexity index is 920. The lowest BCUT2D eigenvalue weighted by atomic mass is 9.88.